The maximum absolute atomic E-state index is 12.9. The van der Waals surface area contributed by atoms with E-state index >= 15 is 0 Å². The van der Waals surface area contributed by atoms with Gasteiger partial charge in [-0.15, -0.1) is 0 Å². The van der Waals surface area contributed by atoms with Crippen molar-refractivity contribution in [1.29, 1.82) is 0 Å². The van der Waals surface area contributed by atoms with Crippen LogP contribution in [-0.2, 0) is 19.4 Å². The lowest BCUT2D eigenvalue weighted by Crippen LogP contribution is -2.46. The fourth-order valence-corrected chi connectivity index (χ4v) is 4.43. The van der Waals surface area contributed by atoms with Crippen LogP contribution in [0.3, 0.4) is 0 Å². The first kappa shape index (κ1) is 25.2. The number of carbonyl (C=O) groups is 4. The first-order valence-corrected chi connectivity index (χ1v) is 12.6. The second-order valence-corrected chi connectivity index (χ2v) is 10.7. The van der Waals surface area contributed by atoms with Gasteiger partial charge in [0.2, 0.25) is 5.78 Å². The van der Waals surface area contributed by atoms with Gasteiger partial charge in [-0.05, 0) is 30.7 Å². The Bertz CT molecular complexity index is 1240. The Morgan fingerprint density at radius 1 is 0.970 bits per heavy atom. The normalized spacial score (nSPS) is 14.2. The van der Waals surface area contributed by atoms with E-state index in [9.17, 15) is 27.6 Å². The Morgan fingerprint density at radius 2 is 1.52 bits per heavy atom. The molecule has 0 unspecified atom stereocenters. The molecule has 0 fully saturated rings. The number of imide groups is 1. The molecule has 12 heteroatoms. The molecule has 0 aromatic heterocycles. The molecule has 2 aromatic carbocycles. The fourth-order valence-electron chi connectivity index (χ4n) is 3.21. The topological polar surface area (TPSA) is 115 Å². The van der Waals surface area contributed by atoms with Crippen molar-refractivity contribution in [3.05, 3.63) is 68.2 Å². The van der Waals surface area contributed by atoms with Crippen molar-refractivity contribution >= 4 is 68.2 Å². The second kappa shape index (κ2) is 9.80. The lowest BCUT2D eigenvalue weighted by atomic mass is 10.1. The van der Waals surface area contributed by atoms with Crippen LogP contribution in [0.4, 0.5) is 0 Å². The number of rotatable bonds is 8. The van der Waals surface area contributed by atoms with Crippen LogP contribution in [-0.4, -0.2) is 61.5 Å². The van der Waals surface area contributed by atoms with Gasteiger partial charge in [-0.3, -0.25) is 19.3 Å². The molecule has 1 heterocycles. The Balaban J connectivity index is 1.86. The first-order valence-electron chi connectivity index (χ1n) is 9.39. The van der Waals surface area contributed by atoms with Gasteiger partial charge in [-0.1, -0.05) is 46.9 Å². The molecule has 8 nitrogen and oxygen atoms in total. The monoisotopic (exact) mass is 531 g/mol. The van der Waals surface area contributed by atoms with Crippen LogP contribution in [0.15, 0.2) is 36.4 Å². The summed E-state index contributed by atoms with van der Waals surface area (Å²) in [6.07, 6.45) is 0.517. The highest BCUT2D eigenvalue weighted by atomic mass is 35.5. The summed E-state index contributed by atoms with van der Waals surface area (Å²) in [5.74, 6) is -3.97. The van der Waals surface area contributed by atoms with E-state index in [1.165, 1.54) is 24.3 Å². The number of ether oxygens (including phenoxy) is 1. The number of hydrogen-bond donors (Lipinski definition) is 0. The van der Waals surface area contributed by atoms with Crippen LogP contribution in [0.5, 0.6) is 0 Å². The predicted molar refractivity (Wildman–Crippen MR) is 122 cm³/mol. The van der Waals surface area contributed by atoms with Crippen LogP contribution < -0.4 is 0 Å². The van der Waals surface area contributed by atoms with Gasteiger partial charge < -0.3 is 4.74 Å². The SMILES string of the molecule is CS(=O)(=O)CC[C@H](C(=O)OCC(=O)c1ccccc1Cl)N1C(=O)c2cc(Cl)c(Cl)cc2C1=O. The molecule has 33 heavy (non-hydrogen) atoms. The molecule has 0 radical (unpaired) electrons. The summed E-state index contributed by atoms with van der Waals surface area (Å²) < 4.78 is 28.4. The zero-order chi connectivity index (χ0) is 24.5. The average molecular weight is 533 g/mol. The zero-order valence-electron chi connectivity index (χ0n) is 17.0. The zero-order valence-corrected chi connectivity index (χ0v) is 20.1. The molecule has 2 aromatic rings. The predicted octanol–water partition coefficient (Wildman–Crippen LogP) is 3.47. The van der Waals surface area contributed by atoms with Gasteiger partial charge >= 0.3 is 5.97 Å². The molecule has 3 rings (SSSR count). The summed E-state index contributed by atoms with van der Waals surface area (Å²) >= 11 is 17.8. The van der Waals surface area contributed by atoms with E-state index in [1.807, 2.05) is 0 Å². The summed E-state index contributed by atoms with van der Waals surface area (Å²) in [7, 11) is -3.56. The van der Waals surface area contributed by atoms with Gasteiger partial charge in [0, 0.05) is 11.8 Å². The van der Waals surface area contributed by atoms with Crippen molar-refractivity contribution in [3.8, 4) is 0 Å². The average Bonchev–Trinajstić information content (AvgIpc) is 2.96. The molecule has 0 aliphatic carbocycles. The minimum Gasteiger partial charge on any atom is -0.456 e. The van der Waals surface area contributed by atoms with Crippen LogP contribution in [0.1, 0.15) is 37.5 Å². The molecular formula is C21H16Cl3NO7S. The van der Waals surface area contributed by atoms with Crippen molar-refractivity contribution in [1.82, 2.24) is 4.90 Å². The number of sulfone groups is 1. The summed E-state index contributed by atoms with van der Waals surface area (Å²) in [5.41, 5.74) is -0.0536. The standard InChI is InChI=1S/C21H16Cl3NO7S/c1-33(30,31)7-6-17(21(29)32-10-18(26)11-4-2-3-5-14(11)22)25-19(27)12-8-15(23)16(24)9-13(12)20(25)28/h2-5,8-9,17H,6-7,10H2,1H3/t17-/m1/s1. The van der Waals surface area contributed by atoms with E-state index in [1.54, 1.807) is 12.1 Å². The number of benzene rings is 2. The van der Waals surface area contributed by atoms with Crippen molar-refractivity contribution in [2.75, 3.05) is 18.6 Å². The number of fused-ring (bicyclic) bond motifs is 1. The number of carbonyl (C=O) groups excluding carboxylic acids is 4. The number of hydrogen-bond acceptors (Lipinski definition) is 7. The highest BCUT2D eigenvalue weighted by Gasteiger charge is 2.44. The lowest BCUT2D eigenvalue weighted by Gasteiger charge is -2.24. The highest BCUT2D eigenvalue weighted by Crippen LogP contribution is 2.33. The van der Waals surface area contributed by atoms with Crippen LogP contribution in [0, 0.1) is 0 Å². The molecule has 1 aliphatic heterocycles. The molecular weight excluding hydrogens is 517 g/mol. The summed E-state index contributed by atoms with van der Waals surface area (Å²) in [6, 6.07) is 6.91. The van der Waals surface area contributed by atoms with Gasteiger partial charge in [0.05, 0.1) is 31.9 Å². The van der Waals surface area contributed by atoms with Crippen molar-refractivity contribution < 1.29 is 32.3 Å². The van der Waals surface area contributed by atoms with E-state index in [0.29, 0.717) is 4.90 Å². The van der Waals surface area contributed by atoms with Crippen LogP contribution in [0.25, 0.3) is 0 Å². The molecule has 1 atom stereocenters. The third-order valence-electron chi connectivity index (χ3n) is 4.82. The van der Waals surface area contributed by atoms with E-state index in [2.05, 4.69) is 0 Å². The number of Topliss-reactive ketones (excluding diaryl/α,β-unsaturated/α-hetero) is 1. The smallest absolute Gasteiger partial charge is 0.329 e. The summed E-state index contributed by atoms with van der Waals surface area (Å²) in [6.45, 7) is -0.723. The first-order chi connectivity index (χ1) is 15.4. The van der Waals surface area contributed by atoms with Crippen molar-refractivity contribution in [2.24, 2.45) is 0 Å². The number of esters is 1. The van der Waals surface area contributed by atoms with Crippen LogP contribution >= 0.6 is 34.8 Å². The Kier molecular flexibility index (Phi) is 7.48. The van der Waals surface area contributed by atoms with E-state index in [4.69, 9.17) is 39.5 Å². The van der Waals surface area contributed by atoms with E-state index in [0.717, 1.165) is 6.26 Å². The third-order valence-corrected chi connectivity index (χ3v) is 6.85. The highest BCUT2D eigenvalue weighted by molar-refractivity contribution is 7.90. The van der Waals surface area contributed by atoms with Gasteiger partial charge in [0.15, 0.2) is 6.61 Å². The molecule has 0 saturated heterocycles. The van der Waals surface area contributed by atoms with Gasteiger partial charge in [0.25, 0.3) is 11.8 Å². The van der Waals surface area contributed by atoms with Gasteiger partial charge in [-0.25, -0.2) is 13.2 Å². The fraction of sp³-hybridized carbons (Fsp3) is 0.238. The molecule has 2 amide bonds. The molecule has 1 aliphatic rings. The van der Waals surface area contributed by atoms with Gasteiger partial charge in [0.1, 0.15) is 15.9 Å². The molecule has 174 valence electrons. The Morgan fingerprint density at radius 3 is 2.03 bits per heavy atom. The number of halogens is 3. The third kappa shape index (κ3) is 5.55. The maximum Gasteiger partial charge on any atom is 0.329 e. The number of amides is 2. The molecule has 0 N–H and O–H groups in total. The van der Waals surface area contributed by atoms with Crippen molar-refractivity contribution in [3.63, 3.8) is 0 Å². The molecule has 0 saturated carbocycles. The van der Waals surface area contributed by atoms with Crippen molar-refractivity contribution in [2.45, 2.75) is 12.5 Å². The molecule has 0 bridgehead atoms. The Labute approximate surface area is 204 Å². The quantitative estimate of drug-likeness (QED) is 0.290. The second-order valence-electron chi connectivity index (χ2n) is 7.24. The summed E-state index contributed by atoms with van der Waals surface area (Å²) in [4.78, 5) is 51.6. The Hall–Kier alpha value is -2.46. The number of ketones is 1. The number of nitrogens with zero attached hydrogens (tertiary/aromatic N) is 1. The summed E-state index contributed by atoms with van der Waals surface area (Å²) in [5, 5.41) is 0.208. The lowest BCUT2D eigenvalue weighted by molar-refractivity contribution is -0.147. The molecule has 0 spiro atoms. The van der Waals surface area contributed by atoms with Gasteiger partial charge in [-0.2, -0.15) is 0 Å². The minimum absolute atomic E-state index is 0.0269. The van der Waals surface area contributed by atoms with E-state index < -0.39 is 58.2 Å². The van der Waals surface area contributed by atoms with Crippen LogP contribution in [0.2, 0.25) is 15.1 Å². The minimum atomic E-state index is -3.56. The van der Waals surface area contributed by atoms with E-state index in [-0.39, 0.29) is 31.8 Å². The largest absolute Gasteiger partial charge is 0.456 e. The maximum atomic E-state index is 12.9.